The molecule has 0 heterocycles. The Bertz CT molecular complexity index is 106. The first-order valence-corrected chi connectivity index (χ1v) is 3.23. The molecule has 0 aromatic carbocycles. The molecule has 0 bridgehead atoms. The summed E-state index contributed by atoms with van der Waals surface area (Å²) in [6.45, 7) is 0. The van der Waals surface area contributed by atoms with Crippen LogP contribution in [0.4, 0.5) is 13.2 Å². The predicted octanol–water partition coefficient (Wildman–Crippen LogP) is 1.16. The van der Waals surface area contributed by atoms with Gasteiger partial charge in [-0.2, -0.15) is 0 Å². The van der Waals surface area contributed by atoms with E-state index in [-0.39, 0.29) is 12.8 Å². The molecule has 1 nitrogen and oxygen atoms in total. The lowest BCUT2D eigenvalue weighted by Crippen LogP contribution is -2.43. The van der Waals surface area contributed by atoms with Crippen molar-refractivity contribution in [1.82, 2.24) is 0 Å². The molecular weight excluding hydrogens is 145 g/mol. The molecule has 4 heteroatoms. The lowest BCUT2D eigenvalue weighted by Gasteiger charge is -2.27. The molecule has 0 aliphatic heterocycles. The SMILES string of the molecule is OC1C(F)CCC(F)C1F. The third-order valence-corrected chi connectivity index (χ3v) is 1.76. The van der Waals surface area contributed by atoms with Crippen LogP contribution in [0.25, 0.3) is 0 Å². The molecule has 60 valence electrons. The Balaban J connectivity index is 2.52. The second-order valence-corrected chi connectivity index (χ2v) is 2.54. The van der Waals surface area contributed by atoms with Crippen LogP contribution in [0.1, 0.15) is 12.8 Å². The molecule has 4 atom stereocenters. The number of hydrogen-bond acceptors (Lipinski definition) is 1. The molecule has 1 N–H and O–H groups in total. The van der Waals surface area contributed by atoms with Crippen LogP contribution in [-0.2, 0) is 0 Å². The first kappa shape index (κ1) is 7.85. The third kappa shape index (κ3) is 1.26. The van der Waals surface area contributed by atoms with Gasteiger partial charge in [-0.1, -0.05) is 0 Å². The highest BCUT2D eigenvalue weighted by molar-refractivity contribution is 4.87. The first-order valence-electron chi connectivity index (χ1n) is 3.23. The Hall–Kier alpha value is -0.250. The van der Waals surface area contributed by atoms with E-state index in [0.717, 1.165) is 0 Å². The van der Waals surface area contributed by atoms with Crippen LogP contribution < -0.4 is 0 Å². The first-order chi connectivity index (χ1) is 4.63. The molecular formula is C6H9F3O. The van der Waals surface area contributed by atoms with Crippen molar-refractivity contribution < 1.29 is 18.3 Å². The minimum Gasteiger partial charge on any atom is -0.387 e. The highest BCUT2D eigenvalue weighted by Gasteiger charge is 2.39. The zero-order chi connectivity index (χ0) is 7.72. The molecule has 1 saturated carbocycles. The van der Waals surface area contributed by atoms with Gasteiger partial charge in [-0.25, -0.2) is 13.2 Å². The quantitative estimate of drug-likeness (QED) is 0.555. The average Bonchev–Trinajstić information content (AvgIpc) is 1.93. The summed E-state index contributed by atoms with van der Waals surface area (Å²) in [5, 5.41) is 8.63. The third-order valence-electron chi connectivity index (χ3n) is 1.76. The van der Waals surface area contributed by atoms with Gasteiger partial charge in [-0.15, -0.1) is 0 Å². The summed E-state index contributed by atoms with van der Waals surface area (Å²) < 4.78 is 37.0. The van der Waals surface area contributed by atoms with Gasteiger partial charge in [0.25, 0.3) is 0 Å². The standard InChI is InChI=1S/C6H9F3O/c7-3-1-2-4(8)6(10)5(3)9/h3-6,10H,1-2H2. The van der Waals surface area contributed by atoms with E-state index in [2.05, 4.69) is 0 Å². The van der Waals surface area contributed by atoms with Gasteiger partial charge < -0.3 is 5.11 Å². The topological polar surface area (TPSA) is 20.2 Å². The van der Waals surface area contributed by atoms with Crippen LogP contribution in [-0.4, -0.2) is 29.7 Å². The molecule has 4 unspecified atom stereocenters. The monoisotopic (exact) mass is 154 g/mol. The van der Waals surface area contributed by atoms with Gasteiger partial charge in [-0.3, -0.25) is 0 Å². The summed E-state index contributed by atoms with van der Waals surface area (Å²) in [7, 11) is 0. The van der Waals surface area contributed by atoms with Crippen LogP contribution >= 0.6 is 0 Å². The molecule has 0 aromatic rings. The maximum atomic E-state index is 12.4. The summed E-state index contributed by atoms with van der Waals surface area (Å²) in [4.78, 5) is 0. The average molecular weight is 154 g/mol. The van der Waals surface area contributed by atoms with Crippen molar-refractivity contribution in [2.75, 3.05) is 0 Å². The minimum atomic E-state index is -2.04. The van der Waals surface area contributed by atoms with E-state index in [1.807, 2.05) is 0 Å². The molecule has 0 aromatic heterocycles. The Morgan fingerprint density at radius 3 is 2.00 bits per heavy atom. The number of halogens is 3. The number of rotatable bonds is 0. The highest BCUT2D eigenvalue weighted by atomic mass is 19.2. The van der Waals surface area contributed by atoms with Gasteiger partial charge in [-0.05, 0) is 12.8 Å². The Morgan fingerprint density at radius 2 is 1.50 bits per heavy atom. The van der Waals surface area contributed by atoms with Crippen molar-refractivity contribution in [1.29, 1.82) is 0 Å². The molecule has 0 amide bonds. The van der Waals surface area contributed by atoms with Crippen LogP contribution in [0.15, 0.2) is 0 Å². The summed E-state index contributed by atoms with van der Waals surface area (Å²) in [5.41, 5.74) is 0. The smallest absolute Gasteiger partial charge is 0.160 e. The van der Waals surface area contributed by atoms with Crippen molar-refractivity contribution in [3.63, 3.8) is 0 Å². The fourth-order valence-corrected chi connectivity index (χ4v) is 1.06. The summed E-state index contributed by atoms with van der Waals surface area (Å²) in [5.74, 6) is 0. The molecule has 0 spiro atoms. The summed E-state index contributed by atoms with van der Waals surface area (Å²) in [6.07, 6.45) is -7.29. The Morgan fingerprint density at radius 1 is 1.00 bits per heavy atom. The zero-order valence-corrected chi connectivity index (χ0v) is 5.30. The van der Waals surface area contributed by atoms with Crippen molar-refractivity contribution in [2.24, 2.45) is 0 Å². The molecule has 0 radical (unpaired) electrons. The van der Waals surface area contributed by atoms with Crippen molar-refractivity contribution in [2.45, 2.75) is 37.5 Å². The lowest BCUT2D eigenvalue weighted by atomic mass is 9.93. The van der Waals surface area contributed by atoms with E-state index in [4.69, 9.17) is 5.11 Å². The fourth-order valence-electron chi connectivity index (χ4n) is 1.06. The predicted molar refractivity (Wildman–Crippen MR) is 29.9 cm³/mol. The number of hydrogen-bond donors (Lipinski definition) is 1. The Labute approximate surface area is 56.8 Å². The lowest BCUT2D eigenvalue weighted by molar-refractivity contribution is -0.0541. The van der Waals surface area contributed by atoms with E-state index < -0.39 is 24.6 Å². The number of aliphatic hydroxyl groups is 1. The molecule has 0 saturated heterocycles. The van der Waals surface area contributed by atoms with E-state index in [1.165, 1.54) is 0 Å². The zero-order valence-electron chi connectivity index (χ0n) is 5.30. The maximum absolute atomic E-state index is 12.4. The largest absolute Gasteiger partial charge is 0.387 e. The summed E-state index contributed by atoms with van der Waals surface area (Å²) in [6, 6.07) is 0. The van der Waals surface area contributed by atoms with Crippen LogP contribution in [0, 0.1) is 0 Å². The van der Waals surface area contributed by atoms with E-state index in [0.29, 0.717) is 0 Å². The summed E-state index contributed by atoms with van der Waals surface area (Å²) >= 11 is 0. The van der Waals surface area contributed by atoms with Crippen molar-refractivity contribution in [3.8, 4) is 0 Å². The van der Waals surface area contributed by atoms with Gasteiger partial charge in [0.15, 0.2) is 6.17 Å². The van der Waals surface area contributed by atoms with Crippen LogP contribution in [0.3, 0.4) is 0 Å². The van der Waals surface area contributed by atoms with Gasteiger partial charge in [0, 0.05) is 0 Å². The van der Waals surface area contributed by atoms with E-state index in [1.54, 1.807) is 0 Å². The molecule has 1 rings (SSSR count). The number of alkyl halides is 3. The van der Waals surface area contributed by atoms with Gasteiger partial charge in [0.05, 0.1) is 0 Å². The molecule has 1 aliphatic rings. The minimum absolute atomic E-state index is 0.0806. The van der Waals surface area contributed by atoms with Gasteiger partial charge >= 0.3 is 0 Å². The van der Waals surface area contributed by atoms with E-state index >= 15 is 0 Å². The maximum Gasteiger partial charge on any atom is 0.160 e. The second kappa shape index (κ2) is 2.78. The molecule has 10 heavy (non-hydrogen) atoms. The van der Waals surface area contributed by atoms with Gasteiger partial charge in [0.2, 0.25) is 0 Å². The second-order valence-electron chi connectivity index (χ2n) is 2.54. The van der Waals surface area contributed by atoms with Crippen molar-refractivity contribution in [3.05, 3.63) is 0 Å². The van der Waals surface area contributed by atoms with Crippen molar-refractivity contribution >= 4 is 0 Å². The van der Waals surface area contributed by atoms with Crippen LogP contribution in [0.5, 0.6) is 0 Å². The van der Waals surface area contributed by atoms with Crippen LogP contribution in [0.2, 0.25) is 0 Å². The van der Waals surface area contributed by atoms with Gasteiger partial charge in [0.1, 0.15) is 18.4 Å². The number of aliphatic hydroxyl groups excluding tert-OH is 1. The van der Waals surface area contributed by atoms with E-state index in [9.17, 15) is 13.2 Å². The highest BCUT2D eigenvalue weighted by Crippen LogP contribution is 2.26. The molecule has 1 fully saturated rings. The normalized spacial score (nSPS) is 49.2. The Kier molecular flexibility index (Phi) is 2.18. The fraction of sp³-hybridized carbons (Fsp3) is 1.00. The molecule has 1 aliphatic carbocycles.